The molecule has 4 nitrogen and oxygen atoms in total. The van der Waals surface area contributed by atoms with Gasteiger partial charge in [0.25, 0.3) is 0 Å². The predicted molar refractivity (Wildman–Crippen MR) is 124 cm³/mol. The standard InChI is InChI=1S/C25H16N4S/c1-15-18-12-10-16-6-2-3-7-19(16)23(18)29-24(27-15)17-11-13-21(26-14-17)25-28-20-8-4-5-9-22(20)30-25/h2-14H,1H3. The molecule has 0 N–H and O–H groups in total. The van der Waals surface area contributed by atoms with Gasteiger partial charge in [0.2, 0.25) is 0 Å². The summed E-state index contributed by atoms with van der Waals surface area (Å²) >= 11 is 1.65. The first-order valence-corrected chi connectivity index (χ1v) is 10.6. The molecule has 6 rings (SSSR count). The maximum Gasteiger partial charge on any atom is 0.161 e. The van der Waals surface area contributed by atoms with Gasteiger partial charge < -0.3 is 0 Å². The summed E-state index contributed by atoms with van der Waals surface area (Å²) in [6.45, 7) is 2.03. The van der Waals surface area contributed by atoms with E-state index in [1.165, 1.54) is 10.1 Å². The Morgan fingerprint density at radius 2 is 1.60 bits per heavy atom. The Hall–Kier alpha value is -3.70. The molecule has 0 bridgehead atoms. The number of fused-ring (bicyclic) bond motifs is 4. The number of aryl methyl sites for hydroxylation is 1. The van der Waals surface area contributed by atoms with Crippen molar-refractivity contribution in [2.45, 2.75) is 6.92 Å². The van der Waals surface area contributed by atoms with Crippen molar-refractivity contribution in [3.63, 3.8) is 0 Å². The maximum absolute atomic E-state index is 4.91. The summed E-state index contributed by atoms with van der Waals surface area (Å²) in [5, 5.41) is 4.32. The van der Waals surface area contributed by atoms with Gasteiger partial charge in [-0.15, -0.1) is 11.3 Å². The number of para-hydroxylation sites is 1. The first-order valence-electron chi connectivity index (χ1n) is 9.75. The van der Waals surface area contributed by atoms with Crippen LogP contribution >= 0.6 is 11.3 Å². The third-order valence-corrected chi connectivity index (χ3v) is 6.38. The lowest BCUT2D eigenvalue weighted by Crippen LogP contribution is -1.96. The zero-order valence-corrected chi connectivity index (χ0v) is 17.0. The molecule has 3 aromatic heterocycles. The van der Waals surface area contributed by atoms with Crippen LogP contribution in [-0.2, 0) is 0 Å². The fourth-order valence-electron chi connectivity index (χ4n) is 3.78. The van der Waals surface area contributed by atoms with Gasteiger partial charge in [0, 0.05) is 28.2 Å². The van der Waals surface area contributed by atoms with E-state index in [4.69, 9.17) is 15.0 Å². The number of thiazole rings is 1. The fraction of sp³-hybridized carbons (Fsp3) is 0.0400. The second kappa shape index (κ2) is 6.68. The van der Waals surface area contributed by atoms with Crippen molar-refractivity contribution in [3.8, 4) is 22.1 Å². The molecule has 0 aliphatic rings. The second-order valence-electron chi connectivity index (χ2n) is 7.23. The maximum atomic E-state index is 4.91. The molecule has 5 heteroatoms. The largest absolute Gasteiger partial charge is 0.253 e. The van der Waals surface area contributed by atoms with E-state index in [-0.39, 0.29) is 0 Å². The molecule has 0 saturated carbocycles. The van der Waals surface area contributed by atoms with Crippen molar-refractivity contribution in [2.24, 2.45) is 0 Å². The normalized spacial score (nSPS) is 11.5. The average molecular weight is 404 g/mol. The predicted octanol–water partition coefficient (Wildman–Crippen LogP) is 6.43. The fourth-order valence-corrected chi connectivity index (χ4v) is 4.72. The number of nitrogens with zero attached hydrogens (tertiary/aromatic N) is 4. The van der Waals surface area contributed by atoms with Gasteiger partial charge in [0.1, 0.15) is 5.01 Å². The summed E-state index contributed by atoms with van der Waals surface area (Å²) < 4.78 is 1.17. The molecular formula is C25H16N4S. The van der Waals surface area contributed by atoms with E-state index in [2.05, 4.69) is 35.3 Å². The Labute approximate surface area is 176 Å². The number of benzene rings is 3. The number of aromatic nitrogens is 4. The van der Waals surface area contributed by atoms with Gasteiger partial charge in [-0.05, 0) is 36.6 Å². The quantitative estimate of drug-likeness (QED) is 0.312. The van der Waals surface area contributed by atoms with Crippen molar-refractivity contribution >= 4 is 43.2 Å². The molecule has 0 amide bonds. The smallest absolute Gasteiger partial charge is 0.161 e. The van der Waals surface area contributed by atoms with Gasteiger partial charge in [0.05, 0.1) is 21.4 Å². The summed E-state index contributed by atoms with van der Waals surface area (Å²) in [6.07, 6.45) is 1.84. The molecule has 6 aromatic rings. The van der Waals surface area contributed by atoms with Crippen LogP contribution in [0, 0.1) is 6.92 Å². The lowest BCUT2D eigenvalue weighted by molar-refractivity contribution is 1.15. The van der Waals surface area contributed by atoms with E-state index in [0.29, 0.717) is 5.82 Å². The Bertz CT molecular complexity index is 1520. The van der Waals surface area contributed by atoms with Crippen LogP contribution in [0.15, 0.2) is 79.0 Å². The number of hydrogen-bond acceptors (Lipinski definition) is 5. The van der Waals surface area contributed by atoms with Gasteiger partial charge in [-0.3, -0.25) is 4.98 Å². The highest BCUT2D eigenvalue weighted by Crippen LogP contribution is 2.31. The van der Waals surface area contributed by atoms with E-state index in [1.54, 1.807) is 11.3 Å². The first-order chi connectivity index (χ1) is 14.8. The summed E-state index contributed by atoms with van der Waals surface area (Å²) in [6, 6.07) is 24.7. The molecule has 3 heterocycles. The van der Waals surface area contributed by atoms with Crippen molar-refractivity contribution in [3.05, 3.63) is 84.7 Å². The minimum absolute atomic E-state index is 0.694. The van der Waals surface area contributed by atoms with Gasteiger partial charge in [-0.1, -0.05) is 48.5 Å². The third kappa shape index (κ3) is 2.75. The molecule has 0 radical (unpaired) electrons. The lowest BCUT2D eigenvalue weighted by Gasteiger charge is -2.08. The average Bonchev–Trinajstić information content (AvgIpc) is 3.23. The Balaban J connectivity index is 1.46. The number of pyridine rings is 1. The molecule has 3 aromatic carbocycles. The third-order valence-electron chi connectivity index (χ3n) is 5.32. The van der Waals surface area contributed by atoms with Gasteiger partial charge >= 0.3 is 0 Å². The zero-order chi connectivity index (χ0) is 20.1. The Morgan fingerprint density at radius 3 is 2.47 bits per heavy atom. The molecule has 142 valence electrons. The van der Waals surface area contributed by atoms with Crippen molar-refractivity contribution in [2.75, 3.05) is 0 Å². The van der Waals surface area contributed by atoms with Gasteiger partial charge in [-0.2, -0.15) is 0 Å². The summed E-state index contributed by atoms with van der Waals surface area (Å²) in [5.41, 5.74) is 4.71. The SMILES string of the molecule is Cc1nc(-c2ccc(-c3nc4ccccc4s3)nc2)nc2c1ccc1ccccc12. The van der Waals surface area contributed by atoms with Crippen LogP contribution in [0.2, 0.25) is 0 Å². The van der Waals surface area contributed by atoms with E-state index in [0.717, 1.165) is 43.8 Å². The molecule has 0 aliphatic carbocycles. The highest BCUT2D eigenvalue weighted by Gasteiger charge is 2.12. The van der Waals surface area contributed by atoms with Crippen LogP contribution in [0.1, 0.15) is 5.69 Å². The minimum Gasteiger partial charge on any atom is -0.253 e. The Kier molecular flexibility index (Phi) is 3.82. The van der Waals surface area contributed by atoms with Crippen LogP contribution in [-0.4, -0.2) is 19.9 Å². The highest BCUT2D eigenvalue weighted by molar-refractivity contribution is 7.21. The zero-order valence-electron chi connectivity index (χ0n) is 16.2. The molecule has 0 atom stereocenters. The second-order valence-corrected chi connectivity index (χ2v) is 8.26. The van der Waals surface area contributed by atoms with Crippen molar-refractivity contribution in [1.82, 2.24) is 19.9 Å². The van der Waals surface area contributed by atoms with Crippen molar-refractivity contribution in [1.29, 1.82) is 0 Å². The summed E-state index contributed by atoms with van der Waals surface area (Å²) in [7, 11) is 0. The van der Waals surface area contributed by atoms with Gasteiger partial charge in [0.15, 0.2) is 5.82 Å². The molecule has 30 heavy (non-hydrogen) atoms. The molecule has 0 saturated heterocycles. The number of rotatable bonds is 2. The van der Waals surface area contributed by atoms with Gasteiger partial charge in [-0.25, -0.2) is 15.0 Å². The molecule has 0 fully saturated rings. The lowest BCUT2D eigenvalue weighted by atomic mass is 10.1. The monoisotopic (exact) mass is 404 g/mol. The molecular weight excluding hydrogens is 388 g/mol. The van der Waals surface area contributed by atoms with E-state index in [1.807, 2.05) is 55.6 Å². The molecule has 0 spiro atoms. The topological polar surface area (TPSA) is 51.6 Å². The van der Waals surface area contributed by atoms with E-state index >= 15 is 0 Å². The molecule has 0 aliphatic heterocycles. The summed E-state index contributed by atoms with van der Waals surface area (Å²) in [5.74, 6) is 0.694. The Morgan fingerprint density at radius 1 is 0.733 bits per heavy atom. The van der Waals surface area contributed by atoms with E-state index < -0.39 is 0 Å². The molecule has 0 unspecified atom stereocenters. The first kappa shape index (κ1) is 17.2. The van der Waals surface area contributed by atoms with Crippen LogP contribution in [0.3, 0.4) is 0 Å². The number of hydrogen-bond donors (Lipinski definition) is 0. The minimum atomic E-state index is 0.694. The summed E-state index contributed by atoms with van der Waals surface area (Å²) in [4.78, 5) is 19.0. The highest BCUT2D eigenvalue weighted by atomic mass is 32.1. The van der Waals surface area contributed by atoms with Crippen LogP contribution in [0.5, 0.6) is 0 Å². The van der Waals surface area contributed by atoms with Crippen LogP contribution in [0.4, 0.5) is 0 Å². The van der Waals surface area contributed by atoms with Crippen molar-refractivity contribution < 1.29 is 0 Å². The van der Waals surface area contributed by atoms with E-state index in [9.17, 15) is 0 Å². The van der Waals surface area contributed by atoms with Crippen LogP contribution < -0.4 is 0 Å². The van der Waals surface area contributed by atoms with Crippen LogP contribution in [0.25, 0.3) is 54.0 Å².